The zero-order valence-electron chi connectivity index (χ0n) is 11.6. The van der Waals surface area contributed by atoms with Gasteiger partial charge in [0.1, 0.15) is 11.7 Å². The van der Waals surface area contributed by atoms with Crippen LogP contribution in [0.15, 0.2) is 30.3 Å². The standard InChI is InChI=1S/C16H21NO2/c1-11(2)13-10-17-16(19)15(13)14(18)9-8-12-6-4-3-5-7-12/h3-7,11,13,15H,8-10H2,1-2H3,(H,17,19)/t13?,15-/m0/s1. The van der Waals surface area contributed by atoms with Crippen molar-refractivity contribution >= 4 is 11.7 Å². The molecule has 0 saturated carbocycles. The Morgan fingerprint density at radius 1 is 1.32 bits per heavy atom. The van der Waals surface area contributed by atoms with Crippen molar-refractivity contribution in [2.75, 3.05) is 6.54 Å². The van der Waals surface area contributed by atoms with Crippen LogP contribution in [0.25, 0.3) is 0 Å². The molecule has 0 aliphatic carbocycles. The second-order valence-electron chi connectivity index (χ2n) is 5.58. The molecule has 1 N–H and O–H groups in total. The summed E-state index contributed by atoms with van der Waals surface area (Å²) >= 11 is 0. The Balaban J connectivity index is 1.97. The van der Waals surface area contributed by atoms with Gasteiger partial charge in [-0.2, -0.15) is 0 Å². The highest BCUT2D eigenvalue weighted by Crippen LogP contribution is 2.27. The van der Waals surface area contributed by atoms with Gasteiger partial charge in [-0.15, -0.1) is 0 Å². The molecule has 0 aromatic heterocycles. The summed E-state index contributed by atoms with van der Waals surface area (Å²) in [5, 5.41) is 2.82. The molecule has 102 valence electrons. The number of carbonyl (C=O) groups excluding carboxylic acids is 2. The number of hydrogen-bond donors (Lipinski definition) is 1. The Labute approximate surface area is 114 Å². The molecule has 0 spiro atoms. The highest BCUT2D eigenvalue weighted by molar-refractivity contribution is 6.03. The third-order valence-electron chi connectivity index (χ3n) is 3.93. The molecule has 2 rings (SSSR count). The lowest BCUT2D eigenvalue weighted by atomic mass is 9.82. The zero-order chi connectivity index (χ0) is 13.8. The van der Waals surface area contributed by atoms with Crippen molar-refractivity contribution in [2.24, 2.45) is 17.8 Å². The molecule has 0 radical (unpaired) electrons. The summed E-state index contributed by atoms with van der Waals surface area (Å²) in [7, 11) is 0. The predicted octanol–water partition coefficient (Wildman–Crippen LogP) is 2.21. The number of benzene rings is 1. The van der Waals surface area contributed by atoms with Crippen LogP contribution in [-0.4, -0.2) is 18.2 Å². The van der Waals surface area contributed by atoms with Crippen molar-refractivity contribution < 1.29 is 9.59 Å². The number of ketones is 1. The first-order chi connectivity index (χ1) is 9.09. The Bertz CT molecular complexity index is 453. The van der Waals surface area contributed by atoms with Crippen molar-refractivity contribution in [3.63, 3.8) is 0 Å². The fourth-order valence-corrected chi connectivity index (χ4v) is 2.71. The molecular weight excluding hydrogens is 238 g/mol. The molecule has 1 aromatic rings. The average molecular weight is 259 g/mol. The molecule has 1 aromatic carbocycles. The minimum absolute atomic E-state index is 0.0811. The van der Waals surface area contributed by atoms with Gasteiger partial charge in [0.05, 0.1) is 0 Å². The third-order valence-corrected chi connectivity index (χ3v) is 3.93. The van der Waals surface area contributed by atoms with Gasteiger partial charge < -0.3 is 5.32 Å². The topological polar surface area (TPSA) is 46.2 Å². The monoisotopic (exact) mass is 259 g/mol. The van der Waals surface area contributed by atoms with E-state index in [1.807, 2.05) is 30.3 Å². The van der Waals surface area contributed by atoms with Crippen LogP contribution < -0.4 is 5.32 Å². The number of rotatable bonds is 5. The van der Waals surface area contributed by atoms with E-state index in [-0.39, 0.29) is 17.6 Å². The summed E-state index contributed by atoms with van der Waals surface area (Å²) in [5.41, 5.74) is 1.15. The SMILES string of the molecule is CC(C)C1CNC(=O)[C@@H]1C(=O)CCc1ccccc1. The second kappa shape index (κ2) is 6.00. The van der Waals surface area contributed by atoms with E-state index in [0.717, 1.165) is 5.56 Å². The lowest BCUT2D eigenvalue weighted by molar-refractivity contribution is -0.133. The van der Waals surface area contributed by atoms with Crippen LogP contribution in [0.3, 0.4) is 0 Å². The second-order valence-corrected chi connectivity index (χ2v) is 5.58. The molecule has 1 heterocycles. The van der Waals surface area contributed by atoms with E-state index in [1.165, 1.54) is 0 Å². The smallest absolute Gasteiger partial charge is 0.230 e. The van der Waals surface area contributed by atoms with E-state index in [9.17, 15) is 9.59 Å². The van der Waals surface area contributed by atoms with E-state index in [1.54, 1.807) is 0 Å². The fraction of sp³-hybridized carbons (Fsp3) is 0.500. The summed E-state index contributed by atoms with van der Waals surface area (Å²) in [5.74, 6) is 0.0541. The van der Waals surface area contributed by atoms with Crippen LogP contribution in [0.4, 0.5) is 0 Å². The maximum Gasteiger partial charge on any atom is 0.230 e. The number of carbonyl (C=O) groups is 2. The van der Waals surface area contributed by atoms with Crippen molar-refractivity contribution in [1.29, 1.82) is 0 Å². The Morgan fingerprint density at radius 2 is 2.00 bits per heavy atom. The molecule has 0 bridgehead atoms. The maximum atomic E-state index is 12.3. The number of hydrogen-bond acceptors (Lipinski definition) is 2. The summed E-state index contributed by atoms with van der Waals surface area (Å²) in [6.45, 7) is 4.78. The quantitative estimate of drug-likeness (QED) is 0.824. The number of amides is 1. The largest absolute Gasteiger partial charge is 0.355 e. The van der Waals surface area contributed by atoms with Crippen LogP contribution in [0.1, 0.15) is 25.8 Å². The summed E-state index contributed by atoms with van der Waals surface area (Å²) in [4.78, 5) is 24.1. The van der Waals surface area contributed by atoms with Crippen LogP contribution in [0, 0.1) is 17.8 Å². The Kier molecular flexibility index (Phi) is 4.35. The first-order valence-electron chi connectivity index (χ1n) is 6.94. The first-order valence-corrected chi connectivity index (χ1v) is 6.94. The number of aryl methyl sites for hydroxylation is 1. The van der Waals surface area contributed by atoms with E-state index in [0.29, 0.717) is 25.3 Å². The van der Waals surface area contributed by atoms with Crippen LogP contribution >= 0.6 is 0 Å². The molecule has 1 fully saturated rings. The van der Waals surface area contributed by atoms with E-state index in [2.05, 4.69) is 19.2 Å². The molecule has 1 unspecified atom stereocenters. The van der Waals surface area contributed by atoms with Gasteiger partial charge in [-0.25, -0.2) is 0 Å². The van der Waals surface area contributed by atoms with Crippen molar-refractivity contribution in [3.8, 4) is 0 Å². The van der Waals surface area contributed by atoms with Crippen molar-refractivity contribution in [3.05, 3.63) is 35.9 Å². The van der Waals surface area contributed by atoms with Gasteiger partial charge in [0.25, 0.3) is 0 Å². The van der Waals surface area contributed by atoms with Gasteiger partial charge in [0.15, 0.2) is 0 Å². The molecule has 1 aliphatic heterocycles. The molecule has 19 heavy (non-hydrogen) atoms. The van der Waals surface area contributed by atoms with Gasteiger partial charge in [0.2, 0.25) is 5.91 Å². The van der Waals surface area contributed by atoms with Gasteiger partial charge in [-0.05, 0) is 23.8 Å². The molecular formula is C16H21NO2. The first kappa shape index (κ1) is 13.8. The molecule has 1 amide bonds. The molecule has 3 heteroatoms. The van der Waals surface area contributed by atoms with Crippen LogP contribution in [-0.2, 0) is 16.0 Å². The predicted molar refractivity (Wildman–Crippen MR) is 74.6 cm³/mol. The van der Waals surface area contributed by atoms with Gasteiger partial charge in [-0.1, -0.05) is 44.2 Å². The highest BCUT2D eigenvalue weighted by Gasteiger charge is 2.40. The Morgan fingerprint density at radius 3 is 2.63 bits per heavy atom. The lowest BCUT2D eigenvalue weighted by Gasteiger charge is -2.19. The van der Waals surface area contributed by atoms with Crippen molar-refractivity contribution in [1.82, 2.24) is 5.32 Å². The Hall–Kier alpha value is -1.64. The van der Waals surface area contributed by atoms with Crippen LogP contribution in [0.2, 0.25) is 0 Å². The minimum Gasteiger partial charge on any atom is -0.355 e. The number of Topliss-reactive ketones (excluding diaryl/α,β-unsaturated/α-hetero) is 1. The summed E-state index contributed by atoms with van der Waals surface area (Å²) < 4.78 is 0. The average Bonchev–Trinajstić information content (AvgIpc) is 2.79. The summed E-state index contributed by atoms with van der Waals surface area (Å²) in [6, 6.07) is 9.94. The van der Waals surface area contributed by atoms with Crippen molar-refractivity contribution in [2.45, 2.75) is 26.7 Å². The van der Waals surface area contributed by atoms with Gasteiger partial charge >= 0.3 is 0 Å². The van der Waals surface area contributed by atoms with E-state index in [4.69, 9.17) is 0 Å². The normalized spacial score (nSPS) is 22.6. The minimum atomic E-state index is -0.441. The molecule has 2 atom stereocenters. The molecule has 3 nitrogen and oxygen atoms in total. The molecule has 1 aliphatic rings. The van der Waals surface area contributed by atoms with Gasteiger partial charge in [0, 0.05) is 13.0 Å². The van der Waals surface area contributed by atoms with E-state index < -0.39 is 5.92 Å². The lowest BCUT2D eigenvalue weighted by Crippen LogP contribution is -2.30. The highest BCUT2D eigenvalue weighted by atomic mass is 16.2. The van der Waals surface area contributed by atoms with Crippen LogP contribution in [0.5, 0.6) is 0 Å². The van der Waals surface area contributed by atoms with Gasteiger partial charge in [-0.3, -0.25) is 9.59 Å². The van der Waals surface area contributed by atoms with E-state index >= 15 is 0 Å². The maximum absolute atomic E-state index is 12.3. The fourth-order valence-electron chi connectivity index (χ4n) is 2.71. The zero-order valence-corrected chi connectivity index (χ0v) is 11.6. The third kappa shape index (κ3) is 3.22. The number of nitrogens with one attached hydrogen (secondary N) is 1. The summed E-state index contributed by atoms with van der Waals surface area (Å²) in [6.07, 6.45) is 1.17. The molecule has 1 saturated heterocycles.